The van der Waals surface area contributed by atoms with Gasteiger partial charge in [0, 0.05) is 6.42 Å². The lowest BCUT2D eigenvalue weighted by Gasteiger charge is -2.24. The molecule has 0 aliphatic rings. The predicted molar refractivity (Wildman–Crippen MR) is 301 cm³/mol. The maximum Gasteiger partial charge on any atom is 0.306 e. The molecule has 3 atom stereocenters. The minimum absolute atomic E-state index is 0.0386. The van der Waals surface area contributed by atoms with Crippen LogP contribution in [0.2, 0.25) is 0 Å². The molecule has 3 unspecified atom stereocenters. The summed E-state index contributed by atoms with van der Waals surface area (Å²) in [6, 6.07) is -0.725. The lowest BCUT2D eigenvalue weighted by Crippen LogP contribution is -2.46. The smallest absolute Gasteiger partial charge is 0.306 e. The van der Waals surface area contributed by atoms with Crippen molar-refractivity contribution in [2.24, 2.45) is 0 Å². The molecule has 3 N–H and O–H groups in total. The van der Waals surface area contributed by atoms with Gasteiger partial charge in [0.05, 0.1) is 25.2 Å². The number of aliphatic hydroxyl groups excluding tert-OH is 2. The van der Waals surface area contributed by atoms with Gasteiger partial charge in [-0.2, -0.15) is 0 Å². The second kappa shape index (κ2) is 56.0. The van der Waals surface area contributed by atoms with Gasteiger partial charge in [-0.25, -0.2) is 0 Å². The van der Waals surface area contributed by atoms with Gasteiger partial charge in [0.2, 0.25) is 5.91 Å². The standard InChI is InChI=1S/C63H111NO5/c1-4-7-10-13-16-19-22-25-28-30-32-35-38-41-44-47-50-53-56-63(68)69-59(54-51-48-45-42-39-36-33-27-24-21-18-15-12-9-6-3)57-62(67)64-60(58-65)61(66)55-52-49-46-43-40-37-34-31-29-26-23-20-17-14-11-8-5-2/h16,18-19,21-22,25,27-28,30,32-33,35,39,42,59-61,65-66H,4-15,17,20,23-24,26,29,31,34,36-38,40-41,43-58H2,1-3H3,(H,64,67)/b19-16+,21-18-,25-22+,30-28+,33-27-,35-32+,42-39-. The molecule has 0 aromatic heterocycles. The topological polar surface area (TPSA) is 95.9 Å². The Balaban J connectivity index is 4.65. The van der Waals surface area contributed by atoms with Crippen LogP contribution in [0.25, 0.3) is 0 Å². The van der Waals surface area contributed by atoms with E-state index in [9.17, 15) is 19.8 Å². The molecule has 0 saturated heterocycles. The first-order valence-electron chi connectivity index (χ1n) is 29.4. The van der Waals surface area contributed by atoms with Crippen LogP contribution in [0.15, 0.2) is 85.1 Å². The van der Waals surface area contributed by atoms with Crippen LogP contribution in [0.3, 0.4) is 0 Å². The maximum absolute atomic E-state index is 13.3. The molecule has 0 heterocycles. The number of nitrogens with one attached hydrogen (secondary N) is 1. The van der Waals surface area contributed by atoms with Crippen molar-refractivity contribution in [3.8, 4) is 0 Å². The molecular weight excluding hydrogens is 851 g/mol. The van der Waals surface area contributed by atoms with Gasteiger partial charge in [0.25, 0.3) is 0 Å². The molecule has 0 saturated carbocycles. The fourth-order valence-corrected chi connectivity index (χ4v) is 8.57. The Morgan fingerprint density at radius 2 is 0.797 bits per heavy atom. The zero-order valence-electron chi connectivity index (χ0n) is 45.4. The monoisotopic (exact) mass is 962 g/mol. The average Bonchev–Trinajstić information content (AvgIpc) is 3.34. The molecule has 6 heteroatoms. The van der Waals surface area contributed by atoms with Crippen LogP contribution in [-0.2, 0) is 14.3 Å². The van der Waals surface area contributed by atoms with Gasteiger partial charge in [-0.05, 0) is 89.9 Å². The van der Waals surface area contributed by atoms with Crippen molar-refractivity contribution in [2.75, 3.05) is 6.61 Å². The highest BCUT2D eigenvalue weighted by molar-refractivity contribution is 5.77. The van der Waals surface area contributed by atoms with E-state index in [1.54, 1.807) is 0 Å². The van der Waals surface area contributed by atoms with E-state index in [2.05, 4.69) is 111 Å². The highest BCUT2D eigenvalue weighted by Gasteiger charge is 2.24. The van der Waals surface area contributed by atoms with Crippen LogP contribution in [0, 0.1) is 0 Å². The predicted octanol–water partition coefficient (Wildman–Crippen LogP) is 18.3. The average molecular weight is 963 g/mol. The summed E-state index contributed by atoms with van der Waals surface area (Å²) >= 11 is 0. The molecule has 0 bridgehead atoms. The lowest BCUT2D eigenvalue weighted by molar-refractivity contribution is -0.151. The van der Waals surface area contributed by atoms with Gasteiger partial charge < -0.3 is 20.3 Å². The minimum Gasteiger partial charge on any atom is -0.462 e. The van der Waals surface area contributed by atoms with E-state index in [0.29, 0.717) is 19.3 Å². The van der Waals surface area contributed by atoms with Crippen molar-refractivity contribution in [2.45, 2.75) is 296 Å². The van der Waals surface area contributed by atoms with E-state index in [1.807, 2.05) is 0 Å². The molecule has 0 rings (SSSR count). The second-order valence-electron chi connectivity index (χ2n) is 19.8. The van der Waals surface area contributed by atoms with Crippen molar-refractivity contribution in [1.82, 2.24) is 5.32 Å². The van der Waals surface area contributed by atoms with Gasteiger partial charge in [-0.1, -0.05) is 260 Å². The van der Waals surface area contributed by atoms with Crippen LogP contribution in [0.4, 0.5) is 0 Å². The number of rotatable bonds is 52. The molecular formula is C63H111NO5. The van der Waals surface area contributed by atoms with E-state index in [1.165, 1.54) is 135 Å². The minimum atomic E-state index is -0.808. The molecule has 0 aliphatic carbocycles. The highest BCUT2D eigenvalue weighted by Crippen LogP contribution is 2.18. The SMILES string of the molecule is CCCCC/C=C\C/C=C\C/C=C\CCCCC(CC(=O)NC(CO)C(O)CCCCCCCCCCCCCCCCCCC)OC(=O)CCCCCCC/C=C/C=C/C=C/C=C/CCCCC. The van der Waals surface area contributed by atoms with Gasteiger partial charge >= 0.3 is 5.97 Å². The van der Waals surface area contributed by atoms with Gasteiger partial charge in [0.1, 0.15) is 6.10 Å². The number of esters is 1. The summed E-state index contributed by atoms with van der Waals surface area (Å²) in [5.74, 6) is -0.536. The number of hydrogen-bond donors (Lipinski definition) is 3. The number of aliphatic hydroxyl groups is 2. The van der Waals surface area contributed by atoms with Gasteiger partial charge in [-0.3, -0.25) is 9.59 Å². The third kappa shape index (κ3) is 51.2. The summed E-state index contributed by atoms with van der Waals surface area (Å²) in [6.45, 7) is 6.42. The molecule has 0 radical (unpaired) electrons. The number of unbranched alkanes of at least 4 members (excludes halogenated alkanes) is 29. The van der Waals surface area contributed by atoms with Crippen molar-refractivity contribution >= 4 is 11.9 Å². The van der Waals surface area contributed by atoms with Crippen LogP contribution < -0.4 is 5.32 Å². The number of hydrogen-bond acceptors (Lipinski definition) is 5. The number of amides is 1. The van der Waals surface area contributed by atoms with Crippen molar-refractivity contribution in [3.05, 3.63) is 85.1 Å². The van der Waals surface area contributed by atoms with Gasteiger partial charge in [-0.15, -0.1) is 0 Å². The number of allylic oxidation sites excluding steroid dienone is 14. The maximum atomic E-state index is 13.3. The van der Waals surface area contributed by atoms with Crippen molar-refractivity contribution in [1.29, 1.82) is 0 Å². The second-order valence-corrected chi connectivity index (χ2v) is 19.8. The van der Waals surface area contributed by atoms with E-state index < -0.39 is 18.2 Å². The molecule has 0 aromatic carbocycles. The zero-order valence-corrected chi connectivity index (χ0v) is 45.4. The number of carbonyl (C=O) groups excluding carboxylic acids is 2. The molecule has 0 aliphatic heterocycles. The normalized spacial score (nSPS) is 13.8. The van der Waals surface area contributed by atoms with Crippen LogP contribution >= 0.6 is 0 Å². The van der Waals surface area contributed by atoms with Gasteiger partial charge in [0.15, 0.2) is 0 Å². The summed E-state index contributed by atoms with van der Waals surface area (Å²) in [5, 5.41) is 23.9. The third-order valence-corrected chi connectivity index (χ3v) is 13.0. The van der Waals surface area contributed by atoms with Crippen LogP contribution in [0.1, 0.15) is 278 Å². The van der Waals surface area contributed by atoms with E-state index >= 15 is 0 Å². The Labute approximate surface area is 427 Å². The lowest BCUT2D eigenvalue weighted by atomic mass is 10.0. The van der Waals surface area contributed by atoms with Crippen molar-refractivity contribution < 1.29 is 24.5 Å². The summed E-state index contributed by atoms with van der Waals surface area (Å²) in [5.41, 5.74) is 0. The first-order valence-corrected chi connectivity index (χ1v) is 29.4. The largest absolute Gasteiger partial charge is 0.462 e. The molecule has 69 heavy (non-hydrogen) atoms. The molecule has 398 valence electrons. The highest BCUT2D eigenvalue weighted by atomic mass is 16.5. The number of ether oxygens (including phenoxy) is 1. The molecule has 0 fully saturated rings. The number of carbonyl (C=O) groups is 2. The Morgan fingerprint density at radius 1 is 0.435 bits per heavy atom. The molecule has 1 amide bonds. The first kappa shape index (κ1) is 66.0. The summed E-state index contributed by atoms with van der Waals surface area (Å²) in [4.78, 5) is 26.3. The van der Waals surface area contributed by atoms with Crippen LogP contribution in [0.5, 0.6) is 0 Å². The summed E-state index contributed by atoms with van der Waals surface area (Å²) in [6.07, 6.45) is 73.6. The zero-order chi connectivity index (χ0) is 50.2. The van der Waals surface area contributed by atoms with Crippen LogP contribution in [-0.4, -0.2) is 46.9 Å². The fraction of sp³-hybridized carbons (Fsp3) is 0.746. The Hall–Kier alpha value is -2.96. The molecule has 0 aromatic rings. The Morgan fingerprint density at radius 3 is 1.29 bits per heavy atom. The van der Waals surface area contributed by atoms with E-state index in [4.69, 9.17) is 4.74 Å². The molecule has 0 spiro atoms. The molecule has 6 nitrogen and oxygen atoms in total. The summed E-state index contributed by atoms with van der Waals surface area (Å²) < 4.78 is 5.93. The third-order valence-electron chi connectivity index (χ3n) is 13.0. The van der Waals surface area contributed by atoms with Crippen molar-refractivity contribution in [3.63, 3.8) is 0 Å². The Kier molecular flexibility index (Phi) is 53.6. The fourth-order valence-electron chi connectivity index (χ4n) is 8.57. The van der Waals surface area contributed by atoms with E-state index in [-0.39, 0.29) is 24.9 Å². The van der Waals surface area contributed by atoms with E-state index in [0.717, 1.165) is 96.3 Å². The quantitative estimate of drug-likeness (QED) is 0.0244. The summed E-state index contributed by atoms with van der Waals surface area (Å²) in [7, 11) is 0. The first-order chi connectivity index (χ1) is 34.0. The Bertz CT molecular complexity index is 1310.